The van der Waals surface area contributed by atoms with Crippen LogP contribution in [0.2, 0.25) is 5.02 Å². The zero-order valence-electron chi connectivity index (χ0n) is 14.7. The van der Waals surface area contributed by atoms with Crippen molar-refractivity contribution in [1.29, 1.82) is 0 Å². The van der Waals surface area contributed by atoms with Gasteiger partial charge in [-0.15, -0.1) is 12.4 Å². The summed E-state index contributed by atoms with van der Waals surface area (Å²) >= 11 is 5.85. The summed E-state index contributed by atoms with van der Waals surface area (Å²) in [5, 5.41) is 6.56. The Morgan fingerprint density at radius 2 is 1.74 bits per heavy atom. The van der Waals surface area contributed by atoms with Gasteiger partial charge in [0.05, 0.1) is 5.69 Å². The minimum atomic E-state index is -0.661. The van der Waals surface area contributed by atoms with Gasteiger partial charge in [-0.05, 0) is 42.5 Å². The van der Waals surface area contributed by atoms with Crippen molar-refractivity contribution < 1.29 is 14.4 Å². The van der Waals surface area contributed by atoms with Gasteiger partial charge in [-0.2, -0.15) is 0 Å². The van der Waals surface area contributed by atoms with E-state index >= 15 is 0 Å². The SMILES string of the molecule is Cl.O=C(CCC1NC(=O)N(c2ccc(Cl)cc2)C1=O)N1C[C@H]2CNC[C@H]2C1. The lowest BCUT2D eigenvalue weighted by atomic mass is 10.0. The second-order valence-corrected chi connectivity index (χ2v) is 7.60. The minimum absolute atomic E-state index is 0. The molecule has 0 radical (unpaired) electrons. The van der Waals surface area contributed by atoms with Gasteiger partial charge in [0.15, 0.2) is 0 Å². The van der Waals surface area contributed by atoms with Gasteiger partial charge in [0.2, 0.25) is 5.91 Å². The predicted molar refractivity (Wildman–Crippen MR) is 104 cm³/mol. The number of carbonyl (C=O) groups excluding carboxylic acids is 3. The first kappa shape index (κ1) is 19.9. The molecule has 3 aliphatic heterocycles. The van der Waals surface area contributed by atoms with Gasteiger partial charge >= 0.3 is 6.03 Å². The number of nitrogens with zero attached hydrogens (tertiary/aromatic N) is 2. The van der Waals surface area contributed by atoms with Crippen molar-refractivity contribution in [2.75, 3.05) is 31.1 Å². The van der Waals surface area contributed by atoms with E-state index in [1.807, 2.05) is 4.90 Å². The zero-order valence-corrected chi connectivity index (χ0v) is 16.3. The summed E-state index contributed by atoms with van der Waals surface area (Å²) in [5.41, 5.74) is 0.477. The first-order valence-electron chi connectivity index (χ1n) is 8.91. The van der Waals surface area contributed by atoms with Gasteiger partial charge < -0.3 is 15.5 Å². The van der Waals surface area contributed by atoms with Crippen LogP contribution in [0.1, 0.15) is 12.8 Å². The molecule has 4 amide bonds. The van der Waals surface area contributed by atoms with Gasteiger partial charge in [-0.25, -0.2) is 9.69 Å². The highest BCUT2D eigenvalue weighted by atomic mass is 35.5. The lowest BCUT2D eigenvalue weighted by molar-refractivity contribution is -0.130. The van der Waals surface area contributed by atoms with E-state index in [9.17, 15) is 14.4 Å². The number of urea groups is 1. The van der Waals surface area contributed by atoms with Crippen LogP contribution >= 0.6 is 24.0 Å². The number of likely N-dealkylation sites (tertiary alicyclic amines) is 1. The third-order valence-corrected chi connectivity index (χ3v) is 5.75. The van der Waals surface area contributed by atoms with Gasteiger partial charge in [0, 0.05) is 37.6 Å². The fourth-order valence-corrected chi connectivity index (χ4v) is 4.17. The highest BCUT2D eigenvalue weighted by Gasteiger charge is 2.41. The second kappa shape index (κ2) is 8.04. The summed E-state index contributed by atoms with van der Waals surface area (Å²) in [4.78, 5) is 40.2. The molecule has 0 spiro atoms. The van der Waals surface area contributed by atoms with Crippen LogP contribution in [0.15, 0.2) is 24.3 Å². The Labute approximate surface area is 168 Å². The molecule has 0 saturated carbocycles. The number of imide groups is 1. The van der Waals surface area contributed by atoms with Gasteiger partial charge in [0.25, 0.3) is 5.91 Å². The lowest BCUT2D eigenvalue weighted by Gasteiger charge is -2.18. The summed E-state index contributed by atoms with van der Waals surface area (Å²) < 4.78 is 0. The molecule has 7 nitrogen and oxygen atoms in total. The monoisotopic (exact) mass is 412 g/mol. The highest BCUT2D eigenvalue weighted by molar-refractivity contribution is 6.30. The predicted octanol–water partition coefficient (Wildman–Crippen LogP) is 1.64. The molecule has 0 bridgehead atoms. The molecule has 0 aromatic heterocycles. The number of halogens is 2. The molecule has 3 saturated heterocycles. The van der Waals surface area contributed by atoms with Crippen molar-refractivity contribution in [1.82, 2.24) is 15.5 Å². The normalized spacial score (nSPS) is 26.8. The van der Waals surface area contributed by atoms with Crippen molar-refractivity contribution >= 4 is 47.5 Å². The molecule has 3 heterocycles. The number of hydrogen-bond acceptors (Lipinski definition) is 4. The van der Waals surface area contributed by atoms with E-state index < -0.39 is 12.1 Å². The Morgan fingerprint density at radius 1 is 1.11 bits per heavy atom. The van der Waals surface area contributed by atoms with Crippen molar-refractivity contribution in [2.45, 2.75) is 18.9 Å². The van der Waals surface area contributed by atoms with Crippen LogP contribution in [0.4, 0.5) is 10.5 Å². The largest absolute Gasteiger partial charge is 0.342 e. The van der Waals surface area contributed by atoms with E-state index in [4.69, 9.17) is 11.6 Å². The zero-order chi connectivity index (χ0) is 18.3. The molecule has 3 atom stereocenters. The summed E-state index contributed by atoms with van der Waals surface area (Å²) in [6, 6.07) is 5.40. The van der Waals surface area contributed by atoms with E-state index in [1.165, 1.54) is 0 Å². The molecule has 146 valence electrons. The van der Waals surface area contributed by atoms with Crippen molar-refractivity contribution in [3.63, 3.8) is 0 Å². The van der Waals surface area contributed by atoms with E-state index in [0.29, 0.717) is 29.0 Å². The molecule has 1 aromatic carbocycles. The Kier molecular flexibility index (Phi) is 5.93. The molecule has 1 unspecified atom stereocenters. The highest BCUT2D eigenvalue weighted by Crippen LogP contribution is 2.27. The minimum Gasteiger partial charge on any atom is -0.342 e. The Morgan fingerprint density at radius 3 is 2.37 bits per heavy atom. The van der Waals surface area contributed by atoms with E-state index in [2.05, 4.69) is 10.6 Å². The van der Waals surface area contributed by atoms with Crippen LogP contribution in [-0.2, 0) is 9.59 Å². The van der Waals surface area contributed by atoms with Crippen LogP contribution < -0.4 is 15.5 Å². The van der Waals surface area contributed by atoms with Crippen molar-refractivity contribution in [3.05, 3.63) is 29.3 Å². The third-order valence-electron chi connectivity index (χ3n) is 5.49. The molecular formula is C18H22Cl2N4O3. The fourth-order valence-electron chi connectivity index (χ4n) is 4.05. The Bertz CT molecular complexity index is 731. The maximum Gasteiger partial charge on any atom is 0.329 e. The molecule has 3 fully saturated rings. The number of carbonyl (C=O) groups is 3. The summed E-state index contributed by atoms with van der Waals surface area (Å²) in [6.45, 7) is 3.53. The van der Waals surface area contributed by atoms with Crippen LogP contribution in [0.3, 0.4) is 0 Å². The quantitative estimate of drug-likeness (QED) is 0.736. The molecule has 3 aliphatic rings. The second-order valence-electron chi connectivity index (χ2n) is 7.17. The van der Waals surface area contributed by atoms with E-state index in [0.717, 1.165) is 31.1 Å². The summed E-state index contributed by atoms with van der Waals surface area (Å²) in [7, 11) is 0. The third kappa shape index (κ3) is 3.90. The topological polar surface area (TPSA) is 81.8 Å². The Balaban J connectivity index is 0.00000210. The van der Waals surface area contributed by atoms with Crippen molar-refractivity contribution in [3.8, 4) is 0 Å². The van der Waals surface area contributed by atoms with E-state index in [-0.39, 0.29) is 30.6 Å². The number of amides is 4. The van der Waals surface area contributed by atoms with Crippen molar-refractivity contribution in [2.24, 2.45) is 11.8 Å². The molecular weight excluding hydrogens is 391 g/mol. The van der Waals surface area contributed by atoms with Crippen LogP contribution in [0.25, 0.3) is 0 Å². The first-order chi connectivity index (χ1) is 12.5. The number of benzene rings is 1. The van der Waals surface area contributed by atoms with Gasteiger partial charge in [0.1, 0.15) is 6.04 Å². The lowest BCUT2D eigenvalue weighted by Crippen LogP contribution is -2.35. The Hall–Kier alpha value is -1.83. The molecule has 4 rings (SSSR count). The number of fused-ring (bicyclic) bond motifs is 1. The van der Waals surface area contributed by atoms with Crippen LogP contribution in [-0.4, -0.2) is 55.0 Å². The van der Waals surface area contributed by atoms with Gasteiger partial charge in [-0.3, -0.25) is 9.59 Å². The fraction of sp³-hybridized carbons (Fsp3) is 0.500. The molecule has 27 heavy (non-hydrogen) atoms. The standard InChI is InChI=1S/C18H21ClN4O3.ClH/c19-13-1-3-14(4-2-13)23-17(25)15(21-18(23)26)5-6-16(24)22-9-11-7-20-8-12(11)10-22;/h1-4,11-12,15,20H,5-10H2,(H,21,26);1H/t11-,12+,15?;. The maximum atomic E-state index is 12.6. The maximum absolute atomic E-state index is 12.6. The average molecular weight is 413 g/mol. The van der Waals surface area contributed by atoms with E-state index in [1.54, 1.807) is 24.3 Å². The summed E-state index contributed by atoms with van der Waals surface area (Å²) in [6.07, 6.45) is 0.579. The number of nitrogens with one attached hydrogen (secondary N) is 2. The van der Waals surface area contributed by atoms with Crippen LogP contribution in [0.5, 0.6) is 0 Å². The number of anilines is 1. The smallest absolute Gasteiger partial charge is 0.329 e. The molecule has 9 heteroatoms. The summed E-state index contributed by atoms with van der Waals surface area (Å²) in [5.74, 6) is 0.832. The number of hydrogen-bond donors (Lipinski definition) is 2. The molecule has 0 aliphatic carbocycles. The van der Waals surface area contributed by atoms with Crippen LogP contribution in [0, 0.1) is 11.8 Å². The molecule has 2 N–H and O–H groups in total. The molecule has 1 aromatic rings. The average Bonchev–Trinajstić information content (AvgIpc) is 3.28. The number of rotatable bonds is 4. The first-order valence-corrected chi connectivity index (χ1v) is 9.29. The van der Waals surface area contributed by atoms with Gasteiger partial charge in [-0.1, -0.05) is 11.6 Å².